The van der Waals surface area contributed by atoms with Gasteiger partial charge in [0.1, 0.15) is 19.8 Å². The fraction of sp³-hybridized carbons (Fsp3) is 0.897. The van der Waals surface area contributed by atoms with Gasteiger partial charge in [-0.15, -0.1) is 0 Å². The van der Waals surface area contributed by atoms with Crippen molar-refractivity contribution in [1.29, 1.82) is 0 Å². The molecular formula is C39H76O14S3Si3. The highest BCUT2D eigenvalue weighted by atomic mass is 32.2. The van der Waals surface area contributed by atoms with E-state index in [1.807, 2.05) is 41.2 Å². The lowest BCUT2D eigenvalue weighted by molar-refractivity contribution is -0.278. The Balaban J connectivity index is 3.67. The standard InChI is InChI=1S/C39H76O14S3Si3/c1-11-36(24-44-31(5)40)25-49-59(50-26-36,23-17-21-55)51-30-37(12-2,27-45-32(6)41)35(9,18-16-22-56-34(8)43)52-58-48-29-38(13-3,28-46-33(7)42)39(47-14-4,53-57-10)19-15-20-54/h54-55H,11-30,57-58H2,1-10H3. The van der Waals surface area contributed by atoms with Gasteiger partial charge >= 0.3 is 36.7 Å². The normalized spacial score (nSPS) is 22.7. The Hall–Kier alpha value is -0.499. The number of carbonyl (C=O) groups excluding carboxylic acids is 4. The number of rotatable bonds is 33. The van der Waals surface area contributed by atoms with Gasteiger partial charge in [0, 0.05) is 84.4 Å². The van der Waals surface area contributed by atoms with Crippen LogP contribution in [-0.4, -0.2) is 133 Å². The molecule has 0 bridgehead atoms. The Bertz CT molecular complexity index is 1260. The molecule has 59 heavy (non-hydrogen) atoms. The van der Waals surface area contributed by atoms with E-state index in [1.54, 1.807) is 6.92 Å². The van der Waals surface area contributed by atoms with E-state index in [9.17, 15) is 19.2 Å². The van der Waals surface area contributed by atoms with Gasteiger partial charge < -0.3 is 45.5 Å². The number of esters is 3. The average molecular weight is 949 g/mol. The maximum Gasteiger partial charge on any atom is 0.501 e. The second-order valence-electron chi connectivity index (χ2n) is 15.6. The highest BCUT2D eigenvalue weighted by molar-refractivity contribution is 8.13. The van der Waals surface area contributed by atoms with Gasteiger partial charge in [0.25, 0.3) is 0 Å². The van der Waals surface area contributed by atoms with Crippen LogP contribution in [0.5, 0.6) is 0 Å². The van der Waals surface area contributed by atoms with E-state index < -0.39 is 68.1 Å². The molecule has 0 amide bonds. The van der Waals surface area contributed by atoms with Crippen molar-refractivity contribution in [2.24, 2.45) is 16.2 Å². The fourth-order valence-corrected chi connectivity index (χ4v) is 13.6. The molecule has 0 aromatic heterocycles. The molecule has 0 N–H and O–H groups in total. The Kier molecular flexibility index (Phi) is 27.1. The molecule has 0 saturated carbocycles. The van der Waals surface area contributed by atoms with E-state index in [1.165, 1.54) is 32.5 Å². The van der Waals surface area contributed by atoms with Crippen LogP contribution in [0.3, 0.4) is 0 Å². The maximum absolute atomic E-state index is 12.5. The van der Waals surface area contributed by atoms with Crippen molar-refractivity contribution in [3.63, 3.8) is 0 Å². The van der Waals surface area contributed by atoms with Crippen molar-refractivity contribution in [1.82, 2.24) is 0 Å². The summed E-state index contributed by atoms with van der Waals surface area (Å²) in [4.78, 5) is 48.4. The van der Waals surface area contributed by atoms with Gasteiger partial charge in [0.05, 0.1) is 16.4 Å². The van der Waals surface area contributed by atoms with Gasteiger partial charge in [-0.1, -0.05) is 39.1 Å². The molecule has 20 heteroatoms. The molecule has 0 aromatic rings. The predicted octanol–water partition coefficient (Wildman–Crippen LogP) is 5.63. The molecule has 0 aliphatic carbocycles. The molecule has 0 radical (unpaired) electrons. The minimum Gasteiger partial charge on any atom is -0.465 e. The van der Waals surface area contributed by atoms with Gasteiger partial charge in [0.15, 0.2) is 20.7 Å². The van der Waals surface area contributed by atoms with E-state index in [-0.39, 0.29) is 44.1 Å². The zero-order valence-corrected chi connectivity index (χ0v) is 44.0. The summed E-state index contributed by atoms with van der Waals surface area (Å²) in [6.07, 6.45) is 4.77. The number of hydrogen-bond acceptors (Lipinski definition) is 17. The summed E-state index contributed by atoms with van der Waals surface area (Å²) < 4.78 is 63.7. The largest absolute Gasteiger partial charge is 0.501 e. The highest BCUT2D eigenvalue weighted by Crippen LogP contribution is 2.46. The van der Waals surface area contributed by atoms with E-state index in [0.717, 1.165) is 6.42 Å². The molecule has 1 fully saturated rings. The van der Waals surface area contributed by atoms with Gasteiger partial charge in [-0.05, 0) is 70.3 Å². The molecule has 0 spiro atoms. The third-order valence-corrected chi connectivity index (χ3v) is 17.6. The topological polar surface area (TPSA) is 161 Å². The number of thioether (sulfide) groups is 1. The molecule has 4 atom stereocenters. The fourth-order valence-electron chi connectivity index (χ4n) is 7.30. The summed E-state index contributed by atoms with van der Waals surface area (Å²) in [5.74, 6) is -0.487. The monoisotopic (exact) mass is 948 g/mol. The highest BCUT2D eigenvalue weighted by Gasteiger charge is 2.56. The summed E-state index contributed by atoms with van der Waals surface area (Å²) in [5.41, 5.74) is -3.24. The van der Waals surface area contributed by atoms with Crippen LogP contribution >= 0.6 is 37.0 Å². The van der Waals surface area contributed by atoms with Crippen LogP contribution in [0.4, 0.5) is 0 Å². The lowest BCUT2D eigenvalue weighted by Crippen LogP contribution is -2.61. The molecule has 4 unspecified atom stereocenters. The Morgan fingerprint density at radius 3 is 1.86 bits per heavy atom. The van der Waals surface area contributed by atoms with Crippen molar-refractivity contribution in [2.45, 2.75) is 138 Å². The van der Waals surface area contributed by atoms with Crippen molar-refractivity contribution < 1.29 is 64.7 Å². The average Bonchev–Trinajstić information content (AvgIpc) is 3.20. The summed E-state index contributed by atoms with van der Waals surface area (Å²) in [6.45, 7) is 19.1. The quantitative estimate of drug-likeness (QED) is 0.0208. The van der Waals surface area contributed by atoms with Gasteiger partial charge in [-0.25, -0.2) is 0 Å². The van der Waals surface area contributed by atoms with Crippen LogP contribution in [0.15, 0.2) is 0 Å². The number of hydrogen-bond donors (Lipinski definition) is 2. The second-order valence-corrected chi connectivity index (χ2v) is 22.3. The van der Waals surface area contributed by atoms with Crippen LogP contribution < -0.4 is 0 Å². The zero-order valence-electron chi connectivity index (χ0n) is 37.6. The van der Waals surface area contributed by atoms with Crippen molar-refractivity contribution in [3.8, 4) is 0 Å². The van der Waals surface area contributed by atoms with Crippen molar-refractivity contribution >= 4 is 88.6 Å². The van der Waals surface area contributed by atoms with Gasteiger partial charge in [0.2, 0.25) is 0 Å². The number of carbonyl (C=O) groups is 4. The minimum atomic E-state index is -3.34. The summed E-state index contributed by atoms with van der Waals surface area (Å²) in [6, 6.07) is 0.515. The first-order valence-corrected chi connectivity index (χ1v) is 28.4. The first-order chi connectivity index (χ1) is 27.9. The van der Waals surface area contributed by atoms with Crippen LogP contribution in [0.25, 0.3) is 0 Å². The molecule has 1 heterocycles. The summed E-state index contributed by atoms with van der Waals surface area (Å²) in [5, 5.41) is 0.0210. The molecule has 1 saturated heterocycles. The van der Waals surface area contributed by atoms with Crippen LogP contribution in [0, 0.1) is 16.2 Å². The zero-order chi connectivity index (χ0) is 44.6. The lowest BCUT2D eigenvalue weighted by Gasteiger charge is -2.51. The third kappa shape index (κ3) is 17.5. The molecule has 14 nitrogen and oxygen atoms in total. The van der Waals surface area contributed by atoms with Gasteiger partial charge in [-0.3, -0.25) is 19.2 Å². The first kappa shape index (κ1) is 56.5. The molecular weight excluding hydrogens is 873 g/mol. The predicted molar refractivity (Wildman–Crippen MR) is 244 cm³/mol. The Morgan fingerprint density at radius 2 is 1.37 bits per heavy atom. The molecule has 1 aliphatic rings. The molecule has 1 aliphatic heterocycles. The van der Waals surface area contributed by atoms with E-state index in [0.29, 0.717) is 88.1 Å². The smallest absolute Gasteiger partial charge is 0.465 e. The third-order valence-electron chi connectivity index (χ3n) is 11.5. The van der Waals surface area contributed by atoms with Crippen molar-refractivity contribution in [3.05, 3.63) is 0 Å². The summed E-state index contributed by atoms with van der Waals surface area (Å²) >= 11 is 10.2. The Morgan fingerprint density at radius 1 is 0.780 bits per heavy atom. The SMILES string of the molecule is CCOC(CCCS)(O[SiH2]C)C(CC)(CO[SiH2]OC(C)(CCCSC(C)=O)C(CC)(COC(C)=O)CO[Si]1(CCCS)OCC(CC)(COC(C)=O)CO1)COC(C)=O. The number of ether oxygens (including phenoxy) is 4. The van der Waals surface area contributed by atoms with E-state index in [4.69, 9.17) is 45.5 Å². The maximum atomic E-state index is 12.5. The van der Waals surface area contributed by atoms with Crippen LogP contribution in [0.2, 0.25) is 12.6 Å². The lowest BCUT2D eigenvalue weighted by atomic mass is 9.69. The first-order valence-electron chi connectivity index (χ1n) is 21.1. The van der Waals surface area contributed by atoms with Crippen molar-refractivity contribution in [2.75, 3.05) is 70.1 Å². The second kappa shape index (κ2) is 28.3. The van der Waals surface area contributed by atoms with E-state index in [2.05, 4.69) is 25.3 Å². The van der Waals surface area contributed by atoms with Crippen LogP contribution in [0.1, 0.15) is 114 Å². The van der Waals surface area contributed by atoms with Gasteiger partial charge in [-0.2, -0.15) is 25.3 Å². The Labute approximate surface area is 375 Å². The minimum absolute atomic E-state index is 0.0104. The molecule has 0 aromatic carbocycles. The number of thiol groups is 2. The van der Waals surface area contributed by atoms with E-state index >= 15 is 0 Å². The van der Waals surface area contributed by atoms with Crippen LogP contribution in [-0.2, 0) is 64.7 Å². The molecule has 346 valence electrons. The summed E-state index contributed by atoms with van der Waals surface area (Å²) in [7, 11) is -6.16. The molecule has 1 rings (SSSR count).